The normalized spacial score (nSPS) is 25.8. The molecule has 16 heavy (non-hydrogen) atoms. The molecule has 7 heteroatoms. The van der Waals surface area contributed by atoms with E-state index in [1.165, 1.54) is 6.92 Å². The van der Waals surface area contributed by atoms with Crippen LogP contribution in [0.25, 0.3) is 0 Å². The molecule has 1 aliphatic heterocycles. The Morgan fingerprint density at radius 1 is 1.62 bits per heavy atom. The summed E-state index contributed by atoms with van der Waals surface area (Å²) in [4.78, 5) is 3.95. The Labute approximate surface area is 93.6 Å². The predicted octanol–water partition coefficient (Wildman–Crippen LogP) is 0.243. The van der Waals surface area contributed by atoms with Crippen molar-refractivity contribution in [3.05, 3.63) is 11.7 Å². The van der Waals surface area contributed by atoms with Gasteiger partial charge < -0.3 is 9.63 Å². The molecule has 1 aromatic heterocycles. The van der Waals surface area contributed by atoms with Crippen LogP contribution in [0, 0.1) is 0 Å². The van der Waals surface area contributed by atoms with Crippen LogP contribution < -0.4 is 0 Å². The van der Waals surface area contributed by atoms with Gasteiger partial charge in [0.25, 0.3) is 0 Å². The maximum atomic E-state index is 11.6. The fraction of sp³-hybridized carbons (Fsp3) is 0.778. The second-order valence-corrected chi connectivity index (χ2v) is 6.46. The molecule has 1 N–H and O–H groups in total. The van der Waals surface area contributed by atoms with Crippen molar-refractivity contribution < 1.29 is 18.0 Å². The summed E-state index contributed by atoms with van der Waals surface area (Å²) < 4.78 is 28.0. The maximum absolute atomic E-state index is 11.6. The van der Waals surface area contributed by atoms with Crippen LogP contribution in [0.15, 0.2) is 4.52 Å². The standard InChI is InChI=1S/C9H14N2O4S/c1-6(12)9-10-8(15-11-9)5-7-3-2-4-16(7,13)14/h6-7,12H,2-5H2,1H3. The lowest BCUT2D eigenvalue weighted by Crippen LogP contribution is -2.18. The molecule has 0 aliphatic carbocycles. The summed E-state index contributed by atoms with van der Waals surface area (Å²) in [5.74, 6) is 0.728. The first-order valence-corrected chi connectivity index (χ1v) is 6.92. The molecule has 0 saturated carbocycles. The maximum Gasteiger partial charge on any atom is 0.228 e. The molecule has 0 aromatic carbocycles. The number of sulfone groups is 1. The highest BCUT2D eigenvalue weighted by molar-refractivity contribution is 7.92. The van der Waals surface area contributed by atoms with E-state index in [1.807, 2.05) is 0 Å². The fourth-order valence-electron chi connectivity index (χ4n) is 1.80. The highest BCUT2D eigenvalue weighted by Gasteiger charge is 2.32. The van der Waals surface area contributed by atoms with Crippen molar-refractivity contribution in [3.63, 3.8) is 0 Å². The number of aliphatic hydroxyl groups excluding tert-OH is 1. The molecule has 0 bridgehead atoms. The Morgan fingerprint density at radius 2 is 2.38 bits per heavy atom. The van der Waals surface area contributed by atoms with Crippen LogP contribution in [0.4, 0.5) is 0 Å². The van der Waals surface area contributed by atoms with Gasteiger partial charge in [-0.05, 0) is 19.8 Å². The van der Waals surface area contributed by atoms with Crippen LogP contribution in [-0.2, 0) is 16.3 Å². The van der Waals surface area contributed by atoms with Gasteiger partial charge in [-0.1, -0.05) is 5.16 Å². The van der Waals surface area contributed by atoms with Crippen LogP contribution in [0.3, 0.4) is 0 Å². The minimum atomic E-state index is -2.99. The SMILES string of the molecule is CC(O)c1noc(CC2CCCS2(=O)=O)n1. The van der Waals surface area contributed by atoms with Crippen molar-refractivity contribution in [2.45, 2.75) is 37.5 Å². The average molecular weight is 246 g/mol. The Morgan fingerprint density at radius 3 is 2.88 bits per heavy atom. The van der Waals surface area contributed by atoms with Gasteiger partial charge in [0.15, 0.2) is 15.7 Å². The zero-order valence-corrected chi connectivity index (χ0v) is 9.77. The quantitative estimate of drug-likeness (QED) is 0.821. The van der Waals surface area contributed by atoms with Crippen molar-refractivity contribution in [2.24, 2.45) is 0 Å². The average Bonchev–Trinajstić information content (AvgIpc) is 2.75. The number of nitrogens with zero attached hydrogens (tertiary/aromatic N) is 2. The lowest BCUT2D eigenvalue weighted by molar-refractivity contribution is 0.184. The van der Waals surface area contributed by atoms with E-state index in [1.54, 1.807) is 0 Å². The van der Waals surface area contributed by atoms with E-state index in [4.69, 9.17) is 4.52 Å². The monoisotopic (exact) mass is 246 g/mol. The van der Waals surface area contributed by atoms with Gasteiger partial charge in [-0.25, -0.2) is 8.42 Å². The summed E-state index contributed by atoms with van der Waals surface area (Å²) in [6.07, 6.45) is 0.805. The first kappa shape index (κ1) is 11.5. The molecule has 2 atom stereocenters. The zero-order chi connectivity index (χ0) is 11.8. The molecule has 1 aromatic rings. The molecule has 2 rings (SSSR count). The summed E-state index contributed by atoms with van der Waals surface area (Å²) in [6, 6.07) is 0. The van der Waals surface area contributed by atoms with E-state index in [0.717, 1.165) is 0 Å². The number of aliphatic hydroxyl groups is 1. The second kappa shape index (κ2) is 4.14. The molecule has 2 heterocycles. The molecule has 0 spiro atoms. The van der Waals surface area contributed by atoms with Gasteiger partial charge in [-0.15, -0.1) is 0 Å². The molecule has 1 saturated heterocycles. The first-order chi connectivity index (χ1) is 7.49. The van der Waals surface area contributed by atoms with Crippen molar-refractivity contribution in [1.29, 1.82) is 0 Å². The minimum Gasteiger partial charge on any atom is -0.385 e. The van der Waals surface area contributed by atoms with Crippen LogP contribution in [0.2, 0.25) is 0 Å². The summed E-state index contributed by atoms with van der Waals surface area (Å²) in [5.41, 5.74) is 0. The van der Waals surface area contributed by atoms with E-state index < -0.39 is 21.2 Å². The molecule has 6 nitrogen and oxygen atoms in total. The van der Waals surface area contributed by atoms with E-state index in [0.29, 0.717) is 12.8 Å². The van der Waals surface area contributed by atoms with Gasteiger partial charge in [0.1, 0.15) is 6.10 Å². The third kappa shape index (κ3) is 2.25. The molecular weight excluding hydrogens is 232 g/mol. The van der Waals surface area contributed by atoms with Crippen LogP contribution in [0.5, 0.6) is 0 Å². The number of hydrogen-bond donors (Lipinski definition) is 1. The lowest BCUT2D eigenvalue weighted by atomic mass is 10.2. The van der Waals surface area contributed by atoms with Crippen molar-refractivity contribution in [2.75, 3.05) is 5.75 Å². The van der Waals surface area contributed by atoms with Gasteiger partial charge in [0.05, 0.1) is 11.0 Å². The van der Waals surface area contributed by atoms with Crippen LogP contribution in [-0.4, -0.2) is 34.7 Å². The lowest BCUT2D eigenvalue weighted by Gasteiger charge is -2.04. The third-order valence-corrected chi connectivity index (χ3v) is 5.00. The minimum absolute atomic E-state index is 0.199. The Balaban J connectivity index is 2.09. The zero-order valence-electron chi connectivity index (χ0n) is 8.96. The molecule has 90 valence electrons. The largest absolute Gasteiger partial charge is 0.385 e. The molecule has 2 unspecified atom stereocenters. The Hall–Kier alpha value is -0.950. The Kier molecular flexibility index (Phi) is 2.98. The first-order valence-electron chi connectivity index (χ1n) is 5.21. The summed E-state index contributed by atoms with van der Waals surface area (Å²) >= 11 is 0. The molecule has 1 aliphatic rings. The van der Waals surface area contributed by atoms with Crippen molar-refractivity contribution in [3.8, 4) is 0 Å². The molecule has 1 fully saturated rings. The molecular formula is C9H14N2O4S. The van der Waals surface area contributed by atoms with Gasteiger partial charge in [-0.2, -0.15) is 4.98 Å². The summed E-state index contributed by atoms with van der Waals surface area (Å²) in [5, 5.41) is 12.4. The van der Waals surface area contributed by atoms with E-state index in [9.17, 15) is 13.5 Å². The van der Waals surface area contributed by atoms with Gasteiger partial charge in [0, 0.05) is 6.42 Å². The van der Waals surface area contributed by atoms with Crippen molar-refractivity contribution >= 4 is 9.84 Å². The highest BCUT2D eigenvalue weighted by Crippen LogP contribution is 2.23. The summed E-state index contributed by atoms with van der Waals surface area (Å²) in [7, 11) is -2.99. The topological polar surface area (TPSA) is 93.3 Å². The smallest absolute Gasteiger partial charge is 0.228 e. The highest BCUT2D eigenvalue weighted by atomic mass is 32.2. The van der Waals surface area contributed by atoms with Gasteiger partial charge in [0.2, 0.25) is 5.89 Å². The second-order valence-electron chi connectivity index (χ2n) is 4.06. The van der Waals surface area contributed by atoms with Gasteiger partial charge in [-0.3, -0.25) is 0 Å². The predicted molar refractivity (Wildman–Crippen MR) is 55.4 cm³/mol. The number of rotatable bonds is 3. The third-order valence-electron chi connectivity index (χ3n) is 2.72. The van der Waals surface area contributed by atoms with E-state index in [-0.39, 0.29) is 23.9 Å². The molecule has 0 amide bonds. The number of aromatic nitrogens is 2. The fourth-order valence-corrected chi connectivity index (χ4v) is 3.63. The van der Waals surface area contributed by atoms with Crippen molar-refractivity contribution in [1.82, 2.24) is 10.1 Å². The number of hydrogen-bond acceptors (Lipinski definition) is 6. The van der Waals surface area contributed by atoms with Gasteiger partial charge >= 0.3 is 0 Å². The summed E-state index contributed by atoms with van der Waals surface area (Å²) in [6.45, 7) is 1.53. The molecule has 0 radical (unpaired) electrons. The van der Waals surface area contributed by atoms with Crippen LogP contribution >= 0.6 is 0 Å². The van der Waals surface area contributed by atoms with E-state index >= 15 is 0 Å². The van der Waals surface area contributed by atoms with E-state index in [2.05, 4.69) is 10.1 Å². The van der Waals surface area contributed by atoms with Crippen LogP contribution in [0.1, 0.15) is 37.6 Å². The Bertz CT molecular complexity index is 466.